The maximum absolute atomic E-state index is 12.5. The van der Waals surface area contributed by atoms with Crippen molar-refractivity contribution in [1.29, 1.82) is 0 Å². The van der Waals surface area contributed by atoms with Crippen molar-refractivity contribution >= 4 is 21.6 Å². The molecule has 0 atom stereocenters. The van der Waals surface area contributed by atoms with Crippen molar-refractivity contribution in [3.63, 3.8) is 0 Å². The first-order chi connectivity index (χ1) is 9.80. The number of carbonyl (C=O) groups excluding carboxylic acids is 1. The van der Waals surface area contributed by atoms with Crippen molar-refractivity contribution in [2.75, 3.05) is 18.4 Å². The van der Waals surface area contributed by atoms with E-state index >= 15 is 0 Å². The van der Waals surface area contributed by atoms with Gasteiger partial charge in [0.2, 0.25) is 10.0 Å². The Bertz CT molecular complexity index is 691. The Labute approximate surface area is 124 Å². The summed E-state index contributed by atoms with van der Waals surface area (Å²) in [7, 11) is -3.48. The Morgan fingerprint density at radius 1 is 1.24 bits per heavy atom. The highest BCUT2D eigenvalue weighted by atomic mass is 32.2. The molecule has 21 heavy (non-hydrogen) atoms. The number of ether oxygens (including phenoxy) is 1. The van der Waals surface area contributed by atoms with E-state index in [1.807, 2.05) is 0 Å². The summed E-state index contributed by atoms with van der Waals surface area (Å²) < 4.78 is 32.2. The van der Waals surface area contributed by atoms with Gasteiger partial charge < -0.3 is 10.1 Å². The van der Waals surface area contributed by atoms with Crippen LogP contribution in [0.5, 0.6) is 5.75 Å². The smallest absolute Gasteiger partial charge is 0.268 e. The van der Waals surface area contributed by atoms with Crippen LogP contribution in [-0.2, 0) is 14.8 Å². The molecule has 2 aliphatic heterocycles. The van der Waals surface area contributed by atoms with Gasteiger partial charge in [-0.2, -0.15) is 4.31 Å². The zero-order chi connectivity index (χ0) is 15.3. The number of nitrogens with zero attached hydrogens (tertiary/aromatic N) is 1. The summed E-state index contributed by atoms with van der Waals surface area (Å²) in [6.45, 7) is 4.41. The maximum atomic E-state index is 12.5. The molecule has 2 aliphatic rings. The minimum atomic E-state index is -3.48. The van der Waals surface area contributed by atoms with Gasteiger partial charge in [0, 0.05) is 19.2 Å². The van der Waals surface area contributed by atoms with Crippen LogP contribution in [0, 0.1) is 0 Å². The minimum absolute atomic E-state index is 0.204. The Kier molecular flexibility index (Phi) is 3.22. The minimum Gasteiger partial charge on any atom is -0.476 e. The van der Waals surface area contributed by atoms with Crippen LogP contribution in [0.25, 0.3) is 0 Å². The number of rotatable bonds is 2. The third-order valence-electron chi connectivity index (χ3n) is 3.82. The van der Waals surface area contributed by atoms with E-state index < -0.39 is 15.6 Å². The fourth-order valence-electron chi connectivity index (χ4n) is 2.52. The number of benzene rings is 1. The normalized spacial score (nSPS) is 21.5. The molecule has 0 aliphatic carbocycles. The van der Waals surface area contributed by atoms with Crippen LogP contribution in [0.3, 0.4) is 0 Å². The van der Waals surface area contributed by atoms with Gasteiger partial charge in [-0.25, -0.2) is 8.42 Å². The molecule has 1 aromatic carbocycles. The number of hydrogen-bond donors (Lipinski definition) is 1. The number of anilines is 1. The second kappa shape index (κ2) is 4.71. The van der Waals surface area contributed by atoms with Crippen LogP contribution in [0.15, 0.2) is 23.1 Å². The number of amides is 1. The molecule has 7 heteroatoms. The Morgan fingerprint density at radius 3 is 2.57 bits per heavy atom. The van der Waals surface area contributed by atoms with Crippen LogP contribution < -0.4 is 10.1 Å². The lowest BCUT2D eigenvalue weighted by Crippen LogP contribution is -2.45. The lowest BCUT2D eigenvalue weighted by atomic mass is 10.1. The molecule has 0 spiro atoms. The maximum Gasteiger partial charge on any atom is 0.268 e. The topological polar surface area (TPSA) is 75.7 Å². The molecular weight excluding hydrogens is 292 g/mol. The van der Waals surface area contributed by atoms with Gasteiger partial charge in [-0.15, -0.1) is 0 Å². The Hall–Kier alpha value is -1.60. The number of hydrogen-bond acceptors (Lipinski definition) is 4. The number of sulfonamides is 1. The van der Waals surface area contributed by atoms with Crippen LogP contribution >= 0.6 is 0 Å². The fourth-order valence-corrected chi connectivity index (χ4v) is 4.06. The summed E-state index contributed by atoms with van der Waals surface area (Å²) in [5.74, 6) is 0.144. The lowest BCUT2D eigenvalue weighted by molar-refractivity contribution is -0.129. The van der Waals surface area contributed by atoms with E-state index in [-0.39, 0.29) is 10.8 Å². The Balaban J connectivity index is 1.98. The molecule has 1 fully saturated rings. The summed E-state index contributed by atoms with van der Waals surface area (Å²) in [6.07, 6.45) is 1.79. The molecule has 0 saturated carbocycles. The largest absolute Gasteiger partial charge is 0.476 e. The second-order valence-corrected chi connectivity index (χ2v) is 7.77. The van der Waals surface area contributed by atoms with Gasteiger partial charge in [0.1, 0.15) is 5.75 Å². The highest BCUT2D eigenvalue weighted by Crippen LogP contribution is 2.36. The molecule has 0 aromatic heterocycles. The average molecular weight is 310 g/mol. The van der Waals surface area contributed by atoms with Gasteiger partial charge in [0.15, 0.2) is 5.60 Å². The molecule has 3 rings (SSSR count). The van der Waals surface area contributed by atoms with Crippen LogP contribution in [0.2, 0.25) is 0 Å². The monoisotopic (exact) mass is 310 g/mol. The highest BCUT2D eigenvalue weighted by molar-refractivity contribution is 7.89. The predicted octanol–water partition coefficient (Wildman–Crippen LogP) is 1.58. The molecule has 0 bridgehead atoms. The second-order valence-electron chi connectivity index (χ2n) is 5.84. The fraction of sp³-hybridized carbons (Fsp3) is 0.500. The van der Waals surface area contributed by atoms with Crippen LogP contribution in [0.1, 0.15) is 26.7 Å². The molecular formula is C14H18N2O4S. The van der Waals surface area contributed by atoms with Gasteiger partial charge in [0.25, 0.3) is 5.91 Å². The molecule has 1 aromatic rings. The third kappa shape index (κ3) is 2.40. The highest BCUT2D eigenvalue weighted by Gasteiger charge is 2.36. The van der Waals surface area contributed by atoms with E-state index in [0.29, 0.717) is 24.5 Å². The number of nitrogens with one attached hydrogen (secondary N) is 1. The Morgan fingerprint density at radius 2 is 1.90 bits per heavy atom. The van der Waals surface area contributed by atoms with Crippen molar-refractivity contribution in [2.24, 2.45) is 0 Å². The molecule has 0 radical (unpaired) electrons. The van der Waals surface area contributed by atoms with E-state index in [0.717, 1.165) is 12.8 Å². The molecule has 6 nitrogen and oxygen atoms in total. The van der Waals surface area contributed by atoms with E-state index in [2.05, 4.69) is 5.32 Å². The van der Waals surface area contributed by atoms with Crippen molar-refractivity contribution < 1.29 is 17.9 Å². The number of carbonyl (C=O) groups is 1. The van der Waals surface area contributed by atoms with Crippen molar-refractivity contribution in [1.82, 2.24) is 4.31 Å². The first-order valence-corrected chi connectivity index (χ1v) is 8.39. The summed E-state index contributed by atoms with van der Waals surface area (Å²) in [4.78, 5) is 12.0. The van der Waals surface area contributed by atoms with Crippen LogP contribution in [-0.4, -0.2) is 37.3 Å². The van der Waals surface area contributed by atoms with Crippen molar-refractivity contribution in [3.05, 3.63) is 18.2 Å². The van der Waals surface area contributed by atoms with E-state index in [4.69, 9.17) is 4.74 Å². The van der Waals surface area contributed by atoms with E-state index in [1.165, 1.54) is 16.4 Å². The van der Waals surface area contributed by atoms with Gasteiger partial charge in [0.05, 0.1) is 10.6 Å². The summed E-state index contributed by atoms with van der Waals surface area (Å²) in [5.41, 5.74) is -0.511. The quantitative estimate of drug-likeness (QED) is 0.900. The van der Waals surface area contributed by atoms with Crippen molar-refractivity contribution in [2.45, 2.75) is 37.2 Å². The van der Waals surface area contributed by atoms with Crippen LogP contribution in [0.4, 0.5) is 5.69 Å². The predicted molar refractivity (Wildman–Crippen MR) is 77.8 cm³/mol. The molecule has 114 valence electrons. The van der Waals surface area contributed by atoms with Gasteiger partial charge >= 0.3 is 0 Å². The van der Waals surface area contributed by atoms with Crippen molar-refractivity contribution in [3.8, 4) is 5.75 Å². The third-order valence-corrected chi connectivity index (χ3v) is 5.71. The number of fused-ring (bicyclic) bond motifs is 1. The molecule has 2 heterocycles. The molecule has 1 amide bonds. The SMILES string of the molecule is CC1(C)Oc2cc(S(=O)(=O)N3CCCC3)ccc2NC1=O. The molecule has 1 saturated heterocycles. The molecule has 0 unspecified atom stereocenters. The molecule has 1 N–H and O–H groups in total. The van der Waals surface area contributed by atoms with E-state index in [9.17, 15) is 13.2 Å². The first kappa shape index (κ1) is 14.3. The van der Waals surface area contributed by atoms with Gasteiger partial charge in [-0.3, -0.25) is 4.79 Å². The zero-order valence-corrected chi connectivity index (χ0v) is 12.9. The lowest BCUT2D eigenvalue weighted by Gasteiger charge is -2.31. The van der Waals surface area contributed by atoms with Gasteiger partial charge in [-0.05, 0) is 38.8 Å². The standard InChI is InChI=1S/C14H18N2O4S/c1-14(2)13(17)15-11-6-5-10(9-12(11)20-14)21(18,19)16-7-3-4-8-16/h5-6,9H,3-4,7-8H2,1-2H3,(H,15,17). The summed E-state index contributed by atoms with van der Waals surface area (Å²) >= 11 is 0. The summed E-state index contributed by atoms with van der Waals surface area (Å²) in [6, 6.07) is 4.57. The van der Waals surface area contributed by atoms with Gasteiger partial charge in [-0.1, -0.05) is 0 Å². The zero-order valence-electron chi connectivity index (χ0n) is 12.0. The average Bonchev–Trinajstić information content (AvgIpc) is 2.93. The van der Waals surface area contributed by atoms with E-state index in [1.54, 1.807) is 19.9 Å². The first-order valence-electron chi connectivity index (χ1n) is 6.95. The summed E-state index contributed by atoms with van der Waals surface area (Å²) in [5, 5.41) is 2.73.